The van der Waals surface area contributed by atoms with Gasteiger partial charge in [-0.1, -0.05) is 48.0 Å². The van der Waals surface area contributed by atoms with Crippen LogP contribution < -0.4 is 4.74 Å². The summed E-state index contributed by atoms with van der Waals surface area (Å²) in [6.07, 6.45) is 0. The van der Waals surface area contributed by atoms with Crippen LogP contribution in [0.3, 0.4) is 0 Å². The van der Waals surface area contributed by atoms with E-state index in [1.54, 1.807) is 12.1 Å². The monoisotopic (exact) mass is 342 g/mol. The van der Waals surface area contributed by atoms with Crippen molar-refractivity contribution in [2.24, 2.45) is 0 Å². The quantitative estimate of drug-likeness (QED) is 0.781. The number of benzene rings is 2. The molecule has 124 valence electrons. The molecule has 3 rings (SSSR count). The Kier molecular flexibility index (Phi) is 5.55. The summed E-state index contributed by atoms with van der Waals surface area (Å²) in [5.74, 6) is 2.76. The van der Waals surface area contributed by atoms with Crippen LogP contribution in [0.4, 0.5) is 0 Å². The summed E-state index contributed by atoms with van der Waals surface area (Å²) in [5.41, 5.74) is 1.87. The molecule has 2 aromatic carbocycles. The smallest absolute Gasteiger partial charge is 0.161 e. The van der Waals surface area contributed by atoms with Crippen LogP contribution in [-0.2, 0) is 11.3 Å². The van der Waals surface area contributed by atoms with E-state index < -0.39 is 0 Å². The molecule has 0 unspecified atom stereocenters. The lowest BCUT2D eigenvalue weighted by Crippen LogP contribution is -2.45. The number of rotatable bonds is 5. The minimum absolute atomic E-state index is 0.324. The predicted molar refractivity (Wildman–Crippen MR) is 94.6 cm³/mol. The lowest BCUT2D eigenvalue weighted by atomic mass is 10.2. The van der Waals surface area contributed by atoms with Crippen molar-refractivity contribution in [2.75, 3.05) is 26.4 Å². The first-order chi connectivity index (χ1) is 11.7. The van der Waals surface area contributed by atoms with Gasteiger partial charge in [-0.05, 0) is 23.8 Å². The Morgan fingerprint density at radius 3 is 2.67 bits per heavy atom. The zero-order valence-corrected chi connectivity index (χ0v) is 14.1. The molecule has 0 bridgehead atoms. The summed E-state index contributed by atoms with van der Waals surface area (Å²) in [5, 5.41) is 0.631. The van der Waals surface area contributed by atoms with Crippen molar-refractivity contribution in [1.82, 2.24) is 9.80 Å². The molecule has 0 aliphatic carbocycles. The molecule has 4 nitrogen and oxygen atoms in total. The number of nitrogens with zero attached hydrogens (tertiary/aromatic N) is 2. The maximum atomic E-state index is 11.3. The number of ether oxygens (including phenoxy) is 1. The fraction of sp³-hybridized carbons (Fsp3) is 0.263. The van der Waals surface area contributed by atoms with E-state index in [0.717, 1.165) is 19.6 Å². The van der Waals surface area contributed by atoms with Crippen LogP contribution in [0.25, 0.3) is 0 Å². The number of halogens is 1. The van der Waals surface area contributed by atoms with Gasteiger partial charge in [0.25, 0.3) is 0 Å². The summed E-state index contributed by atoms with van der Waals surface area (Å²) < 4.78 is 5.74. The third-order valence-corrected chi connectivity index (χ3v) is 4.23. The molecule has 0 amide bonds. The molecule has 1 aliphatic heterocycles. The van der Waals surface area contributed by atoms with Crippen molar-refractivity contribution < 1.29 is 9.53 Å². The number of piperazine rings is 1. The summed E-state index contributed by atoms with van der Waals surface area (Å²) in [6, 6.07) is 17.5. The molecule has 1 heterocycles. The third-order valence-electron chi connectivity index (χ3n) is 3.99. The van der Waals surface area contributed by atoms with Gasteiger partial charge in [-0.15, -0.1) is 0 Å². The lowest BCUT2D eigenvalue weighted by Gasteiger charge is -2.36. The Balaban J connectivity index is 1.56. The molecule has 0 N–H and O–H groups in total. The summed E-state index contributed by atoms with van der Waals surface area (Å²) >= 11 is 5.95. The van der Waals surface area contributed by atoms with E-state index in [1.807, 2.05) is 35.2 Å². The normalized spacial score (nSPS) is 15.2. The molecule has 1 saturated heterocycles. The summed E-state index contributed by atoms with van der Waals surface area (Å²) in [4.78, 5) is 15.5. The van der Waals surface area contributed by atoms with E-state index in [9.17, 15) is 4.79 Å². The highest BCUT2D eigenvalue weighted by molar-refractivity contribution is 6.30. The van der Waals surface area contributed by atoms with Gasteiger partial charge in [-0.25, -0.2) is 4.79 Å². The van der Waals surface area contributed by atoms with Crippen LogP contribution >= 0.6 is 11.6 Å². The minimum atomic E-state index is 0.324. The Labute approximate surface area is 146 Å². The second-order valence-corrected chi connectivity index (χ2v) is 6.18. The largest absolute Gasteiger partial charge is 0.473 e. The number of hydrogen-bond acceptors (Lipinski definition) is 4. The van der Waals surface area contributed by atoms with Gasteiger partial charge in [0, 0.05) is 31.2 Å². The highest BCUT2D eigenvalue weighted by Crippen LogP contribution is 2.19. The van der Waals surface area contributed by atoms with E-state index >= 15 is 0 Å². The first-order valence-corrected chi connectivity index (χ1v) is 8.26. The zero-order valence-electron chi connectivity index (χ0n) is 13.3. The molecule has 2 aromatic rings. The van der Waals surface area contributed by atoms with Gasteiger partial charge in [0.05, 0.1) is 0 Å². The van der Waals surface area contributed by atoms with Gasteiger partial charge in [-0.3, -0.25) is 4.90 Å². The SMILES string of the molecule is O=C=C1CN(Cc2ccccc2)CCN1COc1cccc(Cl)c1. The molecule has 0 spiro atoms. The summed E-state index contributed by atoms with van der Waals surface area (Å²) in [7, 11) is 0. The van der Waals surface area contributed by atoms with Gasteiger partial charge < -0.3 is 9.64 Å². The molecule has 1 aliphatic rings. The third kappa shape index (κ3) is 4.39. The molecule has 5 heteroatoms. The second kappa shape index (κ2) is 8.02. The highest BCUT2D eigenvalue weighted by Gasteiger charge is 2.22. The fourth-order valence-corrected chi connectivity index (χ4v) is 2.89. The average Bonchev–Trinajstić information content (AvgIpc) is 2.61. The second-order valence-electron chi connectivity index (χ2n) is 5.74. The molecule has 24 heavy (non-hydrogen) atoms. The maximum absolute atomic E-state index is 11.3. The van der Waals surface area contributed by atoms with Crippen LogP contribution in [-0.4, -0.2) is 42.1 Å². The Morgan fingerprint density at radius 2 is 1.92 bits per heavy atom. The Morgan fingerprint density at radius 1 is 1.08 bits per heavy atom. The average molecular weight is 343 g/mol. The van der Waals surface area contributed by atoms with Crippen molar-refractivity contribution in [1.29, 1.82) is 0 Å². The van der Waals surface area contributed by atoms with Gasteiger partial charge in [0.2, 0.25) is 0 Å². The lowest BCUT2D eigenvalue weighted by molar-refractivity contribution is 0.101. The van der Waals surface area contributed by atoms with Crippen LogP contribution in [0.1, 0.15) is 5.56 Å². The van der Waals surface area contributed by atoms with Gasteiger partial charge in [-0.2, -0.15) is 0 Å². The standard InChI is InChI=1S/C19H19ClN2O2/c20-17-7-4-8-19(11-17)24-15-22-10-9-21(13-18(22)14-23)12-16-5-2-1-3-6-16/h1-8,11H,9-10,12-13,15H2. The summed E-state index contributed by atoms with van der Waals surface area (Å²) in [6.45, 7) is 3.34. The van der Waals surface area contributed by atoms with Crippen LogP contribution in [0.2, 0.25) is 5.02 Å². The number of hydrogen-bond donors (Lipinski definition) is 0. The van der Waals surface area contributed by atoms with Crippen LogP contribution in [0, 0.1) is 0 Å². The molecule has 1 fully saturated rings. The fourth-order valence-electron chi connectivity index (χ4n) is 2.71. The topological polar surface area (TPSA) is 32.8 Å². The van der Waals surface area contributed by atoms with Crippen molar-refractivity contribution in [3.63, 3.8) is 0 Å². The first kappa shape index (κ1) is 16.6. The van der Waals surface area contributed by atoms with E-state index in [0.29, 0.717) is 29.7 Å². The van der Waals surface area contributed by atoms with E-state index in [1.165, 1.54) is 5.56 Å². The molecule has 0 saturated carbocycles. The Hall–Kier alpha value is -2.26. The Bertz CT molecular complexity index is 729. The molecular formula is C19H19ClN2O2. The van der Waals surface area contributed by atoms with E-state index in [-0.39, 0.29) is 0 Å². The van der Waals surface area contributed by atoms with Crippen molar-refractivity contribution in [3.8, 4) is 5.75 Å². The van der Waals surface area contributed by atoms with Crippen LogP contribution in [0.15, 0.2) is 60.3 Å². The maximum Gasteiger partial charge on any atom is 0.161 e. The van der Waals surface area contributed by atoms with Gasteiger partial charge >= 0.3 is 0 Å². The molecule has 0 atom stereocenters. The zero-order chi connectivity index (χ0) is 16.8. The first-order valence-electron chi connectivity index (χ1n) is 7.88. The highest BCUT2D eigenvalue weighted by atomic mass is 35.5. The predicted octanol–water partition coefficient (Wildman–Crippen LogP) is 3.21. The minimum Gasteiger partial charge on any atom is -0.473 e. The van der Waals surface area contributed by atoms with Crippen molar-refractivity contribution in [3.05, 3.63) is 70.9 Å². The van der Waals surface area contributed by atoms with E-state index in [2.05, 4.69) is 23.0 Å². The van der Waals surface area contributed by atoms with Gasteiger partial charge in [0.1, 0.15) is 17.4 Å². The number of carbonyl (C=O) groups excluding carboxylic acids is 1. The molecule has 0 aromatic heterocycles. The van der Waals surface area contributed by atoms with Gasteiger partial charge in [0.15, 0.2) is 6.73 Å². The van der Waals surface area contributed by atoms with Crippen LogP contribution in [0.5, 0.6) is 5.75 Å². The molecule has 0 radical (unpaired) electrons. The van der Waals surface area contributed by atoms with Crippen molar-refractivity contribution >= 4 is 17.5 Å². The van der Waals surface area contributed by atoms with E-state index in [4.69, 9.17) is 16.3 Å². The molecular weight excluding hydrogens is 324 g/mol. The van der Waals surface area contributed by atoms with Crippen molar-refractivity contribution in [2.45, 2.75) is 6.54 Å².